The number of fused-ring (bicyclic) bond motifs is 1. The third kappa shape index (κ3) is 7.00. The molecule has 1 amide bonds. The van der Waals surface area contributed by atoms with Crippen LogP contribution >= 0.6 is 11.6 Å². The van der Waals surface area contributed by atoms with Crippen LogP contribution in [0.5, 0.6) is 0 Å². The van der Waals surface area contributed by atoms with Crippen molar-refractivity contribution in [2.75, 3.05) is 17.2 Å². The van der Waals surface area contributed by atoms with Gasteiger partial charge >= 0.3 is 6.09 Å². The van der Waals surface area contributed by atoms with Gasteiger partial charge in [-0.1, -0.05) is 29.8 Å². The van der Waals surface area contributed by atoms with Crippen LogP contribution in [-0.4, -0.2) is 49.9 Å². The van der Waals surface area contributed by atoms with Crippen LogP contribution in [0.2, 0.25) is 5.02 Å². The highest BCUT2D eigenvalue weighted by molar-refractivity contribution is 6.30. The molecule has 0 aliphatic carbocycles. The largest absolute Gasteiger partial charge is 0.445 e. The van der Waals surface area contributed by atoms with Crippen LogP contribution in [0.1, 0.15) is 46.1 Å². The molecule has 1 fully saturated rings. The van der Waals surface area contributed by atoms with Gasteiger partial charge < -0.3 is 25.4 Å². The molecule has 3 N–H and O–H groups in total. The Balaban J connectivity index is 1.44. The quantitative estimate of drug-likeness (QED) is 0.243. The van der Waals surface area contributed by atoms with Gasteiger partial charge in [-0.3, -0.25) is 4.57 Å². The molecule has 0 radical (unpaired) electrons. The van der Waals surface area contributed by atoms with E-state index in [1.165, 1.54) is 0 Å². The van der Waals surface area contributed by atoms with Crippen molar-refractivity contribution >= 4 is 46.4 Å². The minimum absolute atomic E-state index is 0.153. The maximum Gasteiger partial charge on any atom is 0.407 e. The van der Waals surface area contributed by atoms with Crippen LogP contribution in [0.25, 0.3) is 16.9 Å². The number of aromatic nitrogens is 4. The van der Waals surface area contributed by atoms with Crippen molar-refractivity contribution in [2.24, 2.45) is 0 Å². The summed E-state index contributed by atoms with van der Waals surface area (Å²) in [6, 6.07) is 15.4. The molecule has 5 rings (SSSR count). The van der Waals surface area contributed by atoms with Crippen molar-refractivity contribution in [2.45, 2.75) is 64.8 Å². The number of amides is 1. The van der Waals surface area contributed by atoms with E-state index in [0.29, 0.717) is 34.7 Å². The first-order valence-electron chi connectivity index (χ1n) is 13.3. The number of hydrogen-bond donors (Lipinski definition) is 3. The van der Waals surface area contributed by atoms with E-state index in [-0.39, 0.29) is 24.3 Å². The third-order valence-electron chi connectivity index (χ3n) is 6.34. The van der Waals surface area contributed by atoms with Gasteiger partial charge in [0.15, 0.2) is 5.65 Å². The fraction of sp³-hybridized carbons (Fsp3) is 0.379. The molecule has 1 aliphatic rings. The Morgan fingerprint density at radius 1 is 1.18 bits per heavy atom. The van der Waals surface area contributed by atoms with E-state index in [1.807, 2.05) is 73.9 Å². The average Bonchev–Trinajstić information content (AvgIpc) is 3.24. The lowest BCUT2D eigenvalue weighted by atomic mass is 10.0. The van der Waals surface area contributed by atoms with Crippen LogP contribution in [0.15, 0.2) is 54.7 Å². The summed E-state index contributed by atoms with van der Waals surface area (Å²) in [5, 5.41) is 10.2. The summed E-state index contributed by atoms with van der Waals surface area (Å²) in [5.41, 5.74) is 3.40. The van der Waals surface area contributed by atoms with Crippen molar-refractivity contribution in [1.82, 2.24) is 24.8 Å². The molecule has 1 aliphatic heterocycles. The molecular formula is C29H34ClN7O3. The smallest absolute Gasteiger partial charge is 0.407 e. The maximum absolute atomic E-state index is 12.1. The fourth-order valence-corrected chi connectivity index (χ4v) is 4.70. The molecule has 2 atom stereocenters. The Bertz CT molecular complexity index is 1480. The Morgan fingerprint density at radius 3 is 2.70 bits per heavy atom. The number of nitrogens with zero attached hydrogens (tertiary/aromatic N) is 4. The van der Waals surface area contributed by atoms with Gasteiger partial charge in [-0.2, -0.15) is 4.98 Å². The van der Waals surface area contributed by atoms with E-state index in [9.17, 15) is 4.79 Å². The monoisotopic (exact) mass is 563 g/mol. The lowest BCUT2D eigenvalue weighted by Crippen LogP contribution is -2.40. The van der Waals surface area contributed by atoms with Crippen molar-refractivity contribution < 1.29 is 14.3 Å². The lowest BCUT2D eigenvalue weighted by molar-refractivity contribution is 0.0231. The number of anilines is 3. The van der Waals surface area contributed by atoms with Gasteiger partial charge in [0, 0.05) is 28.9 Å². The SMILES string of the molecule is CC1CC(Nc2ncc3nc(Nc4cccc(Cl)c4)n(-c4ccc(COC(=O)NC(C)(C)C)cc4)c3n2)CCO1. The number of hydrogen-bond acceptors (Lipinski definition) is 8. The fourth-order valence-electron chi connectivity index (χ4n) is 4.51. The number of alkyl carbamates (subject to hydrolysis) is 1. The number of imidazole rings is 1. The highest BCUT2D eigenvalue weighted by Gasteiger charge is 2.21. The van der Waals surface area contributed by atoms with Gasteiger partial charge in [0.25, 0.3) is 0 Å². The number of benzene rings is 2. The number of rotatable bonds is 7. The molecule has 2 aromatic heterocycles. The van der Waals surface area contributed by atoms with E-state index in [0.717, 1.165) is 29.8 Å². The number of carbonyl (C=O) groups excluding carboxylic acids is 1. The standard InChI is InChI=1S/C29H34ClN7O3/c1-18-14-22(12-13-39-18)32-26-31-16-24-25(35-26)37(27(34-24)33-21-7-5-6-20(30)15-21)23-10-8-19(9-11-23)17-40-28(38)36-29(2,3)4/h5-11,15-16,18,22H,12-14,17H2,1-4H3,(H,33,34)(H,36,38)(H,31,32,35). The van der Waals surface area contributed by atoms with Crippen LogP contribution in [-0.2, 0) is 16.1 Å². The van der Waals surface area contributed by atoms with Crippen molar-refractivity contribution in [1.29, 1.82) is 0 Å². The topological polar surface area (TPSA) is 115 Å². The van der Waals surface area contributed by atoms with Gasteiger partial charge in [-0.15, -0.1) is 0 Å². The van der Waals surface area contributed by atoms with Crippen LogP contribution in [0.4, 0.5) is 22.4 Å². The highest BCUT2D eigenvalue weighted by atomic mass is 35.5. The second-order valence-electron chi connectivity index (χ2n) is 11.0. The first-order valence-corrected chi connectivity index (χ1v) is 13.7. The molecule has 2 unspecified atom stereocenters. The predicted octanol–water partition coefficient (Wildman–Crippen LogP) is 6.22. The van der Waals surface area contributed by atoms with Gasteiger partial charge in [0.05, 0.1) is 18.0 Å². The summed E-state index contributed by atoms with van der Waals surface area (Å²) in [6.45, 7) is 8.65. The molecule has 40 heavy (non-hydrogen) atoms. The molecule has 0 spiro atoms. The van der Waals surface area contributed by atoms with Gasteiger partial charge in [-0.05, 0) is 76.4 Å². The summed E-state index contributed by atoms with van der Waals surface area (Å²) in [7, 11) is 0. The van der Waals surface area contributed by atoms with Crippen LogP contribution < -0.4 is 16.0 Å². The molecule has 4 aromatic rings. The normalized spacial score (nSPS) is 17.4. The zero-order valence-electron chi connectivity index (χ0n) is 23.1. The molecular weight excluding hydrogens is 530 g/mol. The van der Waals surface area contributed by atoms with Gasteiger partial charge in [-0.25, -0.2) is 14.8 Å². The zero-order valence-corrected chi connectivity index (χ0v) is 23.8. The molecule has 0 saturated carbocycles. The summed E-state index contributed by atoms with van der Waals surface area (Å²) >= 11 is 6.23. The molecule has 0 bridgehead atoms. The number of carbonyl (C=O) groups is 1. The number of nitrogens with one attached hydrogen (secondary N) is 3. The van der Waals surface area contributed by atoms with E-state index < -0.39 is 6.09 Å². The predicted molar refractivity (Wildman–Crippen MR) is 157 cm³/mol. The Labute approximate surface area is 238 Å². The minimum atomic E-state index is -0.458. The Morgan fingerprint density at radius 2 is 1.98 bits per heavy atom. The molecule has 10 nitrogen and oxygen atoms in total. The van der Waals surface area contributed by atoms with Crippen LogP contribution in [0.3, 0.4) is 0 Å². The maximum atomic E-state index is 12.1. The molecule has 3 heterocycles. The second kappa shape index (κ2) is 11.7. The number of halogens is 1. The Hall–Kier alpha value is -3.89. The Kier molecular flexibility index (Phi) is 8.09. The van der Waals surface area contributed by atoms with E-state index in [1.54, 1.807) is 6.20 Å². The van der Waals surface area contributed by atoms with E-state index in [4.69, 9.17) is 31.0 Å². The van der Waals surface area contributed by atoms with Crippen molar-refractivity contribution in [3.8, 4) is 5.69 Å². The third-order valence-corrected chi connectivity index (χ3v) is 6.58. The average molecular weight is 564 g/mol. The summed E-state index contributed by atoms with van der Waals surface area (Å²) < 4.78 is 13.0. The molecule has 11 heteroatoms. The van der Waals surface area contributed by atoms with Crippen molar-refractivity contribution in [3.63, 3.8) is 0 Å². The minimum Gasteiger partial charge on any atom is -0.445 e. The van der Waals surface area contributed by atoms with E-state index in [2.05, 4.69) is 27.9 Å². The summed E-state index contributed by atoms with van der Waals surface area (Å²) in [5.74, 6) is 1.11. The van der Waals surface area contributed by atoms with E-state index >= 15 is 0 Å². The highest BCUT2D eigenvalue weighted by Crippen LogP contribution is 2.28. The van der Waals surface area contributed by atoms with Crippen molar-refractivity contribution in [3.05, 3.63) is 65.3 Å². The summed E-state index contributed by atoms with van der Waals surface area (Å²) in [4.78, 5) is 26.3. The molecule has 1 saturated heterocycles. The molecule has 2 aromatic carbocycles. The van der Waals surface area contributed by atoms with Crippen LogP contribution in [0, 0.1) is 0 Å². The van der Waals surface area contributed by atoms with Gasteiger partial charge in [0.1, 0.15) is 12.1 Å². The number of ether oxygens (including phenoxy) is 2. The first kappa shape index (κ1) is 27.7. The lowest BCUT2D eigenvalue weighted by Gasteiger charge is -2.27. The first-order chi connectivity index (χ1) is 19.1. The van der Waals surface area contributed by atoms with Gasteiger partial charge in [0.2, 0.25) is 11.9 Å². The second-order valence-corrected chi connectivity index (χ2v) is 11.4. The summed E-state index contributed by atoms with van der Waals surface area (Å²) in [6.07, 6.45) is 3.24. The molecule has 210 valence electrons. The zero-order chi connectivity index (χ0) is 28.3.